The van der Waals surface area contributed by atoms with E-state index in [4.69, 9.17) is 5.73 Å². The van der Waals surface area contributed by atoms with E-state index in [2.05, 4.69) is 5.10 Å². The lowest BCUT2D eigenvalue weighted by Gasteiger charge is -2.05. The summed E-state index contributed by atoms with van der Waals surface area (Å²) >= 11 is 1.45. The van der Waals surface area contributed by atoms with Gasteiger partial charge in [-0.3, -0.25) is 4.68 Å². The average molecular weight is 223 g/mol. The average Bonchev–Trinajstić information content (AvgIpc) is 2.72. The minimum Gasteiger partial charge on any atom is -0.398 e. The number of hydrogen-bond donors (Lipinski definition) is 1. The van der Waals surface area contributed by atoms with Gasteiger partial charge in [0.1, 0.15) is 5.82 Å². The van der Waals surface area contributed by atoms with Gasteiger partial charge in [-0.05, 0) is 24.3 Å². The Kier molecular flexibility index (Phi) is 2.91. The highest BCUT2D eigenvalue weighted by atomic mass is 32.2. The van der Waals surface area contributed by atoms with E-state index in [1.54, 1.807) is 16.9 Å². The second-order valence-corrected chi connectivity index (χ2v) is 3.99. The molecule has 0 amide bonds. The molecule has 1 aromatic heterocycles. The Morgan fingerprint density at radius 3 is 3.07 bits per heavy atom. The van der Waals surface area contributed by atoms with Crippen LogP contribution in [0.5, 0.6) is 0 Å². The molecule has 1 heterocycles. The van der Waals surface area contributed by atoms with Crippen LogP contribution >= 0.6 is 11.8 Å². The highest BCUT2D eigenvalue weighted by Crippen LogP contribution is 2.26. The fourth-order valence-corrected chi connectivity index (χ4v) is 2.00. The van der Waals surface area contributed by atoms with Gasteiger partial charge >= 0.3 is 0 Å². The van der Waals surface area contributed by atoms with E-state index in [1.165, 1.54) is 23.9 Å². The molecule has 15 heavy (non-hydrogen) atoms. The summed E-state index contributed by atoms with van der Waals surface area (Å²) in [6, 6.07) is 6.20. The highest BCUT2D eigenvalue weighted by molar-refractivity contribution is 7.98. The predicted octanol–water partition coefficient (Wildman–Crippen LogP) is 2.35. The summed E-state index contributed by atoms with van der Waals surface area (Å²) in [7, 11) is 0. The summed E-state index contributed by atoms with van der Waals surface area (Å²) in [4.78, 5) is 0.741. The predicted molar refractivity (Wildman–Crippen MR) is 58.9 cm³/mol. The van der Waals surface area contributed by atoms with Crippen molar-refractivity contribution in [3.05, 3.63) is 42.5 Å². The van der Waals surface area contributed by atoms with Gasteiger partial charge in [-0.25, -0.2) is 4.39 Å². The summed E-state index contributed by atoms with van der Waals surface area (Å²) in [5.74, 6) is 0.355. The number of nitrogen functional groups attached to an aromatic ring is 1. The zero-order chi connectivity index (χ0) is 10.7. The molecule has 0 spiro atoms. The van der Waals surface area contributed by atoms with Crippen molar-refractivity contribution in [2.24, 2.45) is 0 Å². The molecule has 5 heteroatoms. The zero-order valence-corrected chi connectivity index (χ0v) is 8.75. The second-order valence-electron chi connectivity index (χ2n) is 3.00. The van der Waals surface area contributed by atoms with Crippen molar-refractivity contribution in [3.63, 3.8) is 0 Å². The van der Waals surface area contributed by atoms with Crippen LogP contribution in [0.2, 0.25) is 0 Å². The van der Waals surface area contributed by atoms with Gasteiger partial charge in [0.2, 0.25) is 0 Å². The number of hydrogen-bond acceptors (Lipinski definition) is 3. The third kappa shape index (κ3) is 2.50. The Bertz CT molecular complexity index is 442. The first-order chi connectivity index (χ1) is 7.25. The van der Waals surface area contributed by atoms with Gasteiger partial charge in [-0.1, -0.05) is 0 Å². The summed E-state index contributed by atoms with van der Waals surface area (Å²) in [6.07, 6.45) is 3.55. The molecule has 0 saturated heterocycles. The molecule has 0 bridgehead atoms. The van der Waals surface area contributed by atoms with Crippen molar-refractivity contribution < 1.29 is 4.39 Å². The number of anilines is 1. The Morgan fingerprint density at radius 2 is 2.33 bits per heavy atom. The van der Waals surface area contributed by atoms with Crippen molar-refractivity contribution in [2.45, 2.75) is 10.8 Å². The molecule has 2 aromatic rings. The quantitative estimate of drug-likeness (QED) is 0.641. The number of halogens is 1. The van der Waals surface area contributed by atoms with Crippen LogP contribution < -0.4 is 5.73 Å². The van der Waals surface area contributed by atoms with Gasteiger partial charge in [0.15, 0.2) is 0 Å². The normalized spacial score (nSPS) is 10.5. The van der Waals surface area contributed by atoms with Gasteiger partial charge in [0.05, 0.1) is 5.88 Å². The molecule has 3 nitrogen and oxygen atoms in total. The van der Waals surface area contributed by atoms with Gasteiger partial charge in [-0.2, -0.15) is 5.10 Å². The van der Waals surface area contributed by atoms with Crippen LogP contribution in [-0.2, 0) is 5.88 Å². The molecular formula is C10H10FN3S. The lowest BCUT2D eigenvalue weighted by molar-refractivity contribution is 0.624. The van der Waals surface area contributed by atoms with Crippen LogP contribution in [0.4, 0.5) is 10.1 Å². The van der Waals surface area contributed by atoms with E-state index in [0.29, 0.717) is 11.6 Å². The maximum absolute atomic E-state index is 12.9. The van der Waals surface area contributed by atoms with Crippen molar-refractivity contribution in [1.82, 2.24) is 9.78 Å². The number of thioether (sulfide) groups is 1. The minimum absolute atomic E-state index is 0.271. The number of nitrogens with two attached hydrogens (primary N) is 1. The third-order valence-electron chi connectivity index (χ3n) is 1.89. The standard InChI is InChI=1S/C10H10FN3S/c11-8-2-3-9(12)10(6-8)15-7-14-5-1-4-13-14/h1-6H,7,12H2. The zero-order valence-electron chi connectivity index (χ0n) is 7.93. The van der Waals surface area contributed by atoms with E-state index in [0.717, 1.165) is 4.90 Å². The number of benzene rings is 1. The SMILES string of the molecule is Nc1ccc(F)cc1SCn1cccn1. The van der Waals surface area contributed by atoms with E-state index in [1.807, 2.05) is 12.3 Å². The van der Waals surface area contributed by atoms with Gasteiger partial charge in [-0.15, -0.1) is 11.8 Å². The summed E-state index contributed by atoms with van der Waals surface area (Å²) in [6.45, 7) is 0. The molecule has 0 atom stereocenters. The molecule has 0 unspecified atom stereocenters. The van der Waals surface area contributed by atoms with Gasteiger partial charge < -0.3 is 5.73 Å². The summed E-state index contributed by atoms with van der Waals surface area (Å²) in [5, 5.41) is 4.04. The molecule has 2 N–H and O–H groups in total. The third-order valence-corrected chi connectivity index (χ3v) is 2.95. The largest absolute Gasteiger partial charge is 0.398 e. The second kappa shape index (κ2) is 4.35. The van der Waals surface area contributed by atoms with Gasteiger partial charge in [0.25, 0.3) is 0 Å². The fourth-order valence-electron chi connectivity index (χ4n) is 1.15. The lowest BCUT2D eigenvalue weighted by Crippen LogP contribution is -1.96. The maximum Gasteiger partial charge on any atom is 0.124 e. The van der Waals surface area contributed by atoms with Crippen LogP contribution in [0.25, 0.3) is 0 Å². The minimum atomic E-state index is -0.271. The summed E-state index contributed by atoms with van der Waals surface area (Å²) < 4.78 is 14.7. The number of rotatable bonds is 3. The topological polar surface area (TPSA) is 43.8 Å². The molecule has 0 aliphatic carbocycles. The first kappa shape index (κ1) is 10.0. The Balaban J connectivity index is 2.07. The van der Waals surface area contributed by atoms with E-state index < -0.39 is 0 Å². The molecule has 1 aromatic carbocycles. The molecule has 0 aliphatic rings. The molecule has 0 aliphatic heterocycles. The Labute approximate surface area is 91.1 Å². The Hall–Kier alpha value is -1.49. The van der Waals surface area contributed by atoms with E-state index in [-0.39, 0.29) is 5.82 Å². The van der Waals surface area contributed by atoms with Gasteiger partial charge in [0, 0.05) is 23.0 Å². The van der Waals surface area contributed by atoms with Crippen LogP contribution in [0, 0.1) is 5.82 Å². The summed E-state index contributed by atoms with van der Waals surface area (Å²) in [5.41, 5.74) is 6.30. The van der Waals surface area contributed by atoms with E-state index in [9.17, 15) is 4.39 Å². The lowest BCUT2D eigenvalue weighted by atomic mass is 10.3. The van der Waals surface area contributed by atoms with E-state index >= 15 is 0 Å². The molecular weight excluding hydrogens is 213 g/mol. The van der Waals surface area contributed by atoms with Crippen LogP contribution in [-0.4, -0.2) is 9.78 Å². The molecule has 0 fully saturated rings. The molecule has 2 rings (SSSR count). The van der Waals surface area contributed by atoms with Crippen LogP contribution in [0.1, 0.15) is 0 Å². The van der Waals surface area contributed by atoms with Crippen molar-refractivity contribution in [3.8, 4) is 0 Å². The Morgan fingerprint density at radius 1 is 1.47 bits per heavy atom. The number of nitrogens with zero attached hydrogens (tertiary/aromatic N) is 2. The molecule has 78 valence electrons. The molecule has 0 saturated carbocycles. The smallest absolute Gasteiger partial charge is 0.124 e. The monoisotopic (exact) mass is 223 g/mol. The molecule has 0 radical (unpaired) electrons. The number of aromatic nitrogens is 2. The van der Waals surface area contributed by atoms with Crippen LogP contribution in [0.3, 0.4) is 0 Å². The first-order valence-electron chi connectivity index (χ1n) is 4.41. The maximum atomic E-state index is 12.9. The highest BCUT2D eigenvalue weighted by Gasteiger charge is 2.02. The van der Waals surface area contributed by atoms with Crippen LogP contribution in [0.15, 0.2) is 41.6 Å². The van der Waals surface area contributed by atoms with Crippen molar-refractivity contribution in [2.75, 3.05) is 5.73 Å². The van der Waals surface area contributed by atoms with Crippen molar-refractivity contribution in [1.29, 1.82) is 0 Å². The fraction of sp³-hybridized carbons (Fsp3) is 0.100. The van der Waals surface area contributed by atoms with Crippen molar-refractivity contribution >= 4 is 17.4 Å². The first-order valence-corrected chi connectivity index (χ1v) is 5.39.